The number of amides is 1. The molecule has 0 unspecified atom stereocenters. The molecule has 192 valence electrons. The molecule has 37 heavy (non-hydrogen) atoms. The molecule has 0 atom stereocenters. The van der Waals surface area contributed by atoms with E-state index < -0.39 is 6.09 Å². The Morgan fingerprint density at radius 2 is 1.46 bits per heavy atom. The highest BCUT2D eigenvalue weighted by Crippen LogP contribution is 2.37. The Morgan fingerprint density at radius 3 is 2.11 bits per heavy atom. The summed E-state index contributed by atoms with van der Waals surface area (Å²) in [6.45, 7) is 0.656. The molecule has 3 aromatic carbocycles. The van der Waals surface area contributed by atoms with E-state index in [4.69, 9.17) is 23.7 Å². The second kappa shape index (κ2) is 11.9. The largest absolute Gasteiger partial charge is 0.497 e. The van der Waals surface area contributed by atoms with E-state index in [0.29, 0.717) is 53.0 Å². The third-order valence-corrected chi connectivity index (χ3v) is 5.67. The summed E-state index contributed by atoms with van der Waals surface area (Å²) < 4.78 is 27.7. The fourth-order valence-corrected chi connectivity index (χ4v) is 3.78. The predicted molar refractivity (Wildman–Crippen MR) is 140 cm³/mol. The fraction of sp³-hybridized carbons (Fsp3) is 0.214. The van der Waals surface area contributed by atoms with E-state index in [1.165, 1.54) is 4.90 Å². The molecule has 0 saturated heterocycles. The highest BCUT2D eigenvalue weighted by Gasteiger charge is 2.15. The lowest BCUT2D eigenvalue weighted by molar-refractivity contribution is 0.201. The Morgan fingerprint density at radius 1 is 0.811 bits per heavy atom. The van der Waals surface area contributed by atoms with Crippen LogP contribution >= 0.6 is 0 Å². The zero-order valence-electron chi connectivity index (χ0n) is 20.8. The molecule has 0 fully saturated rings. The van der Waals surface area contributed by atoms with Gasteiger partial charge in [-0.1, -0.05) is 0 Å². The van der Waals surface area contributed by atoms with Crippen molar-refractivity contribution in [2.24, 2.45) is 0 Å². The van der Waals surface area contributed by atoms with Gasteiger partial charge in [0.25, 0.3) is 0 Å². The molecule has 0 spiro atoms. The first-order chi connectivity index (χ1) is 18.0. The number of hydrogen-bond donors (Lipinski definition) is 1. The number of carbonyl (C=O) groups is 1. The van der Waals surface area contributed by atoms with Crippen molar-refractivity contribution in [3.63, 3.8) is 0 Å². The number of rotatable bonds is 11. The van der Waals surface area contributed by atoms with E-state index in [1.807, 2.05) is 30.3 Å². The van der Waals surface area contributed by atoms with Gasteiger partial charge < -0.3 is 28.8 Å². The maximum Gasteiger partial charge on any atom is 0.411 e. The van der Waals surface area contributed by atoms with E-state index in [9.17, 15) is 9.90 Å². The molecule has 9 nitrogen and oxygen atoms in total. The summed E-state index contributed by atoms with van der Waals surface area (Å²) in [5.41, 5.74) is 1.23. The van der Waals surface area contributed by atoms with Gasteiger partial charge in [-0.05, 0) is 67.1 Å². The maximum atomic E-state index is 11.9. The van der Waals surface area contributed by atoms with Crippen LogP contribution in [0.5, 0.6) is 34.5 Å². The van der Waals surface area contributed by atoms with Crippen LogP contribution < -0.4 is 28.6 Å². The SMILES string of the molecule is COc1ccc(OCCCN(C(=O)O)c2ccc(Oc3ccnc4cc(OC)c(OC)cc34)cc2)cc1. The first-order valence-electron chi connectivity index (χ1n) is 11.6. The molecule has 0 aliphatic carbocycles. The third-order valence-electron chi connectivity index (χ3n) is 5.67. The standard InChI is InChI=1S/C28H28N2O7/c1-33-20-9-11-21(12-10-20)36-16-4-15-30(28(31)32)19-5-7-22(8-6-19)37-25-13-14-29-24-18-27(35-3)26(34-2)17-23(24)25/h5-14,17-18H,4,15-16H2,1-3H3,(H,31,32). The summed E-state index contributed by atoms with van der Waals surface area (Å²) >= 11 is 0. The quantitative estimate of drug-likeness (QED) is 0.248. The molecule has 4 aromatic rings. The van der Waals surface area contributed by atoms with Gasteiger partial charge in [-0.25, -0.2) is 4.79 Å². The minimum absolute atomic E-state index is 0.280. The smallest absolute Gasteiger partial charge is 0.411 e. The van der Waals surface area contributed by atoms with Gasteiger partial charge in [0, 0.05) is 29.9 Å². The van der Waals surface area contributed by atoms with Gasteiger partial charge in [-0.15, -0.1) is 0 Å². The van der Waals surface area contributed by atoms with Gasteiger partial charge in [-0.2, -0.15) is 0 Å². The fourth-order valence-electron chi connectivity index (χ4n) is 3.78. The van der Waals surface area contributed by atoms with Crippen LogP contribution in [0.25, 0.3) is 10.9 Å². The van der Waals surface area contributed by atoms with Gasteiger partial charge >= 0.3 is 6.09 Å². The molecule has 0 aliphatic rings. The molecule has 1 amide bonds. The molecule has 1 N–H and O–H groups in total. The Bertz CT molecular complexity index is 1340. The first kappa shape index (κ1) is 25.4. The molecule has 4 rings (SSSR count). The van der Waals surface area contributed by atoms with Gasteiger partial charge in [0.05, 0.1) is 33.5 Å². The van der Waals surface area contributed by atoms with Gasteiger partial charge in [0.2, 0.25) is 0 Å². The first-order valence-corrected chi connectivity index (χ1v) is 11.6. The van der Waals surface area contributed by atoms with E-state index >= 15 is 0 Å². The molecular formula is C28H28N2O7. The highest BCUT2D eigenvalue weighted by atomic mass is 16.5. The molecular weight excluding hydrogens is 476 g/mol. The Balaban J connectivity index is 1.41. The number of fused-ring (bicyclic) bond motifs is 1. The highest BCUT2D eigenvalue weighted by molar-refractivity contribution is 5.88. The molecule has 1 aromatic heterocycles. The number of methoxy groups -OCH3 is 3. The van der Waals surface area contributed by atoms with Crippen molar-refractivity contribution in [1.29, 1.82) is 0 Å². The molecule has 9 heteroatoms. The van der Waals surface area contributed by atoms with Crippen LogP contribution in [-0.2, 0) is 0 Å². The van der Waals surface area contributed by atoms with Crippen LogP contribution in [0.15, 0.2) is 72.9 Å². The van der Waals surface area contributed by atoms with Crippen molar-refractivity contribution in [3.05, 3.63) is 72.9 Å². The summed E-state index contributed by atoms with van der Waals surface area (Å²) in [7, 11) is 4.74. The van der Waals surface area contributed by atoms with E-state index in [0.717, 1.165) is 11.1 Å². The van der Waals surface area contributed by atoms with Gasteiger partial charge in [-0.3, -0.25) is 9.88 Å². The second-order valence-electron chi connectivity index (χ2n) is 7.94. The monoisotopic (exact) mass is 504 g/mol. The van der Waals surface area contributed by atoms with E-state index in [-0.39, 0.29) is 6.54 Å². The van der Waals surface area contributed by atoms with Crippen LogP contribution in [-0.4, -0.2) is 50.7 Å². The molecule has 0 saturated carbocycles. The summed E-state index contributed by atoms with van der Waals surface area (Å²) in [6, 6.07) is 19.5. The number of nitrogens with zero attached hydrogens (tertiary/aromatic N) is 2. The summed E-state index contributed by atoms with van der Waals surface area (Å²) in [5, 5.41) is 10.5. The molecule has 0 radical (unpaired) electrons. The van der Waals surface area contributed by atoms with Crippen molar-refractivity contribution in [2.75, 3.05) is 39.4 Å². The van der Waals surface area contributed by atoms with Crippen LogP contribution in [0.2, 0.25) is 0 Å². The van der Waals surface area contributed by atoms with Crippen LogP contribution in [0, 0.1) is 0 Å². The van der Waals surface area contributed by atoms with Crippen molar-refractivity contribution in [2.45, 2.75) is 6.42 Å². The van der Waals surface area contributed by atoms with Gasteiger partial charge in [0.1, 0.15) is 23.0 Å². The predicted octanol–water partition coefficient (Wildman–Crippen LogP) is 6.01. The number of pyridine rings is 1. The molecule has 0 bridgehead atoms. The number of hydrogen-bond acceptors (Lipinski definition) is 7. The summed E-state index contributed by atoms with van der Waals surface area (Å²) in [6.07, 6.45) is 1.13. The zero-order chi connectivity index (χ0) is 26.2. The lowest BCUT2D eigenvalue weighted by Crippen LogP contribution is -2.31. The third kappa shape index (κ3) is 6.13. The summed E-state index contributed by atoms with van der Waals surface area (Å²) in [4.78, 5) is 17.5. The van der Waals surface area contributed by atoms with Crippen LogP contribution in [0.4, 0.5) is 10.5 Å². The van der Waals surface area contributed by atoms with Crippen molar-refractivity contribution >= 4 is 22.7 Å². The lowest BCUT2D eigenvalue weighted by Gasteiger charge is -2.20. The average molecular weight is 505 g/mol. The van der Waals surface area contributed by atoms with Crippen LogP contribution in [0.1, 0.15) is 6.42 Å². The normalized spacial score (nSPS) is 10.6. The molecule has 0 aliphatic heterocycles. The molecule has 1 heterocycles. The van der Waals surface area contributed by atoms with E-state index in [1.54, 1.807) is 63.9 Å². The van der Waals surface area contributed by atoms with Crippen molar-refractivity contribution in [1.82, 2.24) is 4.98 Å². The minimum Gasteiger partial charge on any atom is -0.497 e. The Hall–Kier alpha value is -4.66. The van der Waals surface area contributed by atoms with E-state index in [2.05, 4.69) is 4.98 Å². The van der Waals surface area contributed by atoms with Gasteiger partial charge in [0.15, 0.2) is 11.5 Å². The van der Waals surface area contributed by atoms with Crippen LogP contribution in [0.3, 0.4) is 0 Å². The Labute approximate surface area is 214 Å². The Kier molecular flexibility index (Phi) is 8.15. The van der Waals surface area contributed by atoms with Crippen molar-refractivity contribution < 1.29 is 33.6 Å². The maximum absolute atomic E-state index is 11.9. The number of aromatic nitrogens is 1. The zero-order valence-corrected chi connectivity index (χ0v) is 20.8. The number of benzene rings is 3. The number of carboxylic acid groups (broad SMARTS) is 1. The average Bonchev–Trinajstić information content (AvgIpc) is 2.93. The number of anilines is 1. The second-order valence-corrected chi connectivity index (χ2v) is 7.94. The summed E-state index contributed by atoms with van der Waals surface area (Å²) in [5.74, 6) is 3.73. The topological polar surface area (TPSA) is 99.6 Å². The number of ether oxygens (including phenoxy) is 5. The van der Waals surface area contributed by atoms with Crippen molar-refractivity contribution in [3.8, 4) is 34.5 Å². The lowest BCUT2D eigenvalue weighted by atomic mass is 10.2. The minimum atomic E-state index is -1.04.